The highest BCUT2D eigenvalue weighted by molar-refractivity contribution is 7.11. The van der Waals surface area contributed by atoms with Crippen LogP contribution in [0.5, 0.6) is 0 Å². The molecule has 1 aliphatic heterocycles. The lowest BCUT2D eigenvalue weighted by molar-refractivity contribution is 0.343. The number of hydrogen-bond acceptors (Lipinski definition) is 4. The van der Waals surface area contributed by atoms with E-state index in [-0.39, 0.29) is 0 Å². The number of thiazole rings is 1. The van der Waals surface area contributed by atoms with E-state index >= 15 is 0 Å². The summed E-state index contributed by atoms with van der Waals surface area (Å²) in [6, 6.07) is 0.604. The summed E-state index contributed by atoms with van der Waals surface area (Å²) in [6.07, 6.45) is 7.81. The lowest BCUT2D eigenvalue weighted by Crippen LogP contribution is -2.24. The Bertz CT molecular complexity index is 447. The molecule has 0 radical (unpaired) electrons. The third-order valence-corrected chi connectivity index (χ3v) is 5.93. The van der Waals surface area contributed by atoms with Crippen molar-refractivity contribution in [1.82, 2.24) is 15.2 Å². The molecule has 1 saturated carbocycles. The second-order valence-corrected chi connectivity index (χ2v) is 7.85. The molecule has 1 N–H and O–H groups in total. The Morgan fingerprint density at radius 1 is 1.33 bits per heavy atom. The molecule has 2 heterocycles. The summed E-state index contributed by atoms with van der Waals surface area (Å²) in [5, 5.41) is 5.01. The number of hydrogen-bond donors (Lipinski definition) is 1. The van der Waals surface area contributed by atoms with Crippen LogP contribution in [0.25, 0.3) is 0 Å². The fourth-order valence-electron chi connectivity index (χ4n) is 2.99. The molecule has 3 rings (SSSR count). The van der Waals surface area contributed by atoms with Crippen LogP contribution < -0.4 is 5.32 Å². The van der Waals surface area contributed by atoms with Gasteiger partial charge < -0.3 is 10.2 Å². The van der Waals surface area contributed by atoms with Gasteiger partial charge in [0.15, 0.2) is 0 Å². The first-order valence-corrected chi connectivity index (χ1v) is 9.52. The molecule has 1 saturated heterocycles. The minimum Gasteiger partial charge on any atom is -0.309 e. The first kappa shape index (κ1) is 15.4. The molecule has 2 aliphatic rings. The second-order valence-electron chi connectivity index (χ2n) is 6.68. The zero-order valence-electron chi connectivity index (χ0n) is 13.5. The van der Waals surface area contributed by atoms with Crippen molar-refractivity contribution < 1.29 is 0 Å². The van der Waals surface area contributed by atoms with Crippen LogP contribution in [0.15, 0.2) is 0 Å². The molecule has 0 aromatic carbocycles. The summed E-state index contributed by atoms with van der Waals surface area (Å²) in [4.78, 5) is 9.09. The maximum Gasteiger partial charge on any atom is 0.0944 e. The molecule has 0 spiro atoms. The highest BCUT2D eigenvalue weighted by atomic mass is 32.1. The average Bonchev–Trinajstić information content (AvgIpc) is 3.05. The maximum atomic E-state index is 4.99. The number of likely N-dealkylation sites (tertiary alicyclic amines) is 1. The summed E-state index contributed by atoms with van der Waals surface area (Å²) in [5.41, 5.74) is 1.42. The molecule has 1 aromatic heterocycles. The third kappa shape index (κ3) is 4.27. The Kier molecular flexibility index (Phi) is 5.30. The van der Waals surface area contributed by atoms with Gasteiger partial charge in [-0.05, 0) is 52.1 Å². The van der Waals surface area contributed by atoms with Gasteiger partial charge in [-0.15, -0.1) is 11.3 Å². The third-order valence-electron chi connectivity index (χ3n) is 4.80. The molecular formula is C17H29N3S. The molecule has 118 valence electrons. The molecule has 4 heteroatoms. The van der Waals surface area contributed by atoms with Gasteiger partial charge in [0.1, 0.15) is 0 Å². The standard InChI is InChI=1S/C17H29N3S/c1-3-13(2)18-12-15-17(14-6-7-14)19-16(21-15)8-11-20-9-4-5-10-20/h13-14,18H,3-12H2,1-2H3. The lowest BCUT2D eigenvalue weighted by Gasteiger charge is -2.12. The van der Waals surface area contributed by atoms with Gasteiger partial charge in [0.2, 0.25) is 0 Å². The van der Waals surface area contributed by atoms with Crippen LogP contribution in [0, 0.1) is 0 Å². The van der Waals surface area contributed by atoms with E-state index in [1.807, 2.05) is 11.3 Å². The molecule has 1 aromatic rings. The zero-order valence-corrected chi connectivity index (χ0v) is 14.3. The largest absolute Gasteiger partial charge is 0.309 e. The van der Waals surface area contributed by atoms with E-state index in [4.69, 9.17) is 4.98 Å². The fraction of sp³-hybridized carbons (Fsp3) is 0.824. The summed E-state index contributed by atoms with van der Waals surface area (Å²) >= 11 is 1.96. The quantitative estimate of drug-likeness (QED) is 0.796. The highest BCUT2D eigenvalue weighted by Gasteiger charge is 2.29. The molecule has 1 aliphatic carbocycles. The van der Waals surface area contributed by atoms with E-state index in [0.29, 0.717) is 6.04 Å². The molecule has 1 unspecified atom stereocenters. The van der Waals surface area contributed by atoms with Crippen molar-refractivity contribution >= 4 is 11.3 Å². The molecule has 21 heavy (non-hydrogen) atoms. The van der Waals surface area contributed by atoms with E-state index in [0.717, 1.165) is 18.9 Å². The smallest absolute Gasteiger partial charge is 0.0944 e. The SMILES string of the molecule is CCC(C)NCc1sc(CCN2CCCC2)nc1C1CC1. The normalized spacial score (nSPS) is 21.0. The number of rotatable bonds is 8. The van der Waals surface area contributed by atoms with Crippen LogP contribution in [-0.4, -0.2) is 35.6 Å². The summed E-state index contributed by atoms with van der Waals surface area (Å²) in [5.74, 6) is 0.774. The zero-order chi connectivity index (χ0) is 14.7. The summed E-state index contributed by atoms with van der Waals surface area (Å²) < 4.78 is 0. The van der Waals surface area contributed by atoms with Gasteiger partial charge in [0.25, 0.3) is 0 Å². The van der Waals surface area contributed by atoms with Crippen molar-refractivity contribution in [3.05, 3.63) is 15.6 Å². The Balaban J connectivity index is 1.58. The number of aromatic nitrogens is 1. The first-order chi connectivity index (χ1) is 10.3. The van der Waals surface area contributed by atoms with Crippen LogP contribution >= 0.6 is 11.3 Å². The Morgan fingerprint density at radius 2 is 2.10 bits per heavy atom. The minimum atomic E-state index is 0.604. The van der Waals surface area contributed by atoms with Crippen LogP contribution in [0.4, 0.5) is 0 Å². The lowest BCUT2D eigenvalue weighted by atomic mass is 10.2. The number of nitrogens with one attached hydrogen (secondary N) is 1. The van der Waals surface area contributed by atoms with E-state index < -0.39 is 0 Å². The van der Waals surface area contributed by atoms with Gasteiger partial charge >= 0.3 is 0 Å². The van der Waals surface area contributed by atoms with E-state index in [9.17, 15) is 0 Å². The Morgan fingerprint density at radius 3 is 2.76 bits per heavy atom. The molecule has 1 atom stereocenters. The van der Waals surface area contributed by atoms with Crippen molar-refractivity contribution in [1.29, 1.82) is 0 Å². The highest BCUT2D eigenvalue weighted by Crippen LogP contribution is 2.42. The van der Waals surface area contributed by atoms with Crippen molar-refractivity contribution in [2.45, 2.75) is 70.9 Å². The van der Waals surface area contributed by atoms with Crippen LogP contribution in [-0.2, 0) is 13.0 Å². The van der Waals surface area contributed by atoms with Gasteiger partial charge in [-0.25, -0.2) is 4.98 Å². The molecule has 3 nitrogen and oxygen atoms in total. The van der Waals surface area contributed by atoms with E-state index in [1.54, 1.807) is 0 Å². The predicted molar refractivity (Wildman–Crippen MR) is 90.1 cm³/mol. The van der Waals surface area contributed by atoms with Gasteiger partial charge in [-0.3, -0.25) is 0 Å². The van der Waals surface area contributed by atoms with Gasteiger partial charge in [0.05, 0.1) is 10.7 Å². The van der Waals surface area contributed by atoms with Crippen LogP contribution in [0.3, 0.4) is 0 Å². The summed E-state index contributed by atoms with van der Waals surface area (Å²) in [6.45, 7) is 9.32. The Hall–Kier alpha value is -0.450. The molecular weight excluding hydrogens is 278 g/mol. The molecule has 2 fully saturated rings. The first-order valence-electron chi connectivity index (χ1n) is 8.70. The van der Waals surface area contributed by atoms with Gasteiger partial charge in [0, 0.05) is 36.3 Å². The van der Waals surface area contributed by atoms with Gasteiger partial charge in [-0.2, -0.15) is 0 Å². The van der Waals surface area contributed by atoms with Crippen molar-refractivity contribution in [3.8, 4) is 0 Å². The number of nitrogens with zero attached hydrogens (tertiary/aromatic N) is 2. The van der Waals surface area contributed by atoms with Crippen LogP contribution in [0.1, 0.15) is 67.4 Å². The second kappa shape index (κ2) is 7.21. The van der Waals surface area contributed by atoms with Gasteiger partial charge in [-0.1, -0.05) is 6.92 Å². The van der Waals surface area contributed by atoms with Crippen LogP contribution in [0.2, 0.25) is 0 Å². The van der Waals surface area contributed by atoms with Crippen molar-refractivity contribution in [2.75, 3.05) is 19.6 Å². The predicted octanol–water partition coefficient (Wildman–Crippen LogP) is 3.55. The molecule has 0 amide bonds. The van der Waals surface area contributed by atoms with Crippen molar-refractivity contribution in [3.63, 3.8) is 0 Å². The minimum absolute atomic E-state index is 0.604. The maximum absolute atomic E-state index is 4.99. The van der Waals surface area contributed by atoms with Crippen molar-refractivity contribution in [2.24, 2.45) is 0 Å². The van der Waals surface area contributed by atoms with E-state index in [2.05, 4.69) is 24.1 Å². The van der Waals surface area contributed by atoms with E-state index in [1.165, 1.54) is 67.3 Å². The fourth-order valence-corrected chi connectivity index (χ4v) is 4.09. The Labute approximate surface area is 133 Å². The summed E-state index contributed by atoms with van der Waals surface area (Å²) in [7, 11) is 0. The average molecular weight is 308 g/mol. The topological polar surface area (TPSA) is 28.2 Å². The molecule has 0 bridgehead atoms. The monoisotopic (exact) mass is 307 g/mol.